The Morgan fingerprint density at radius 3 is 2.49 bits per heavy atom. The molecule has 41 heavy (non-hydrogen) atoms. The summed E-state index contributed by atoms with van der Waals surface area (Å²) in [5.74, 6) is -1.20. The van der Waals surface area contributed by atoms with Crippen molar-refractivity contribution < 1.29 is 19.4 Å². The van der Waals surface area contributed by atoms with Gasteiger partial charge in [0.15, 0.2) is 5.11 Å². The average Bonchev–Trinajstić information content (AvgIpc) is 3.44. The number of anilines is 2. The van der Waals surface area contributed by atoms with E-state index in [0.29, 0.717) is 10.8 Å². The van der Waals surface area contributed by atoms with Crippen molar-refractivity contribution in [1.29, 1.82) is 0 Å². The fourth-order valence-corrected chi connectivity index (χ4v) is 5.77. The zero-order chi connectivity index (χ0) is 29.3. The third-order valence-corrected chi connectivity index (χ3v) is 7.60. The molecule has 1 aliphatic heterocycles. The molecule has 3 heterocycles. The SMILES string of the molecule is COCC(=O)Nc1ccc(N2C(=S)N[C@H](c3ccccn3)[C@H]2c2cc(C)n(-c3cc(C(=O)O)ccc3C)c2C)cc1. The maximum absolute atomic E-state index is 12.0. The number of thiocarbonyl (C=S) groups is 1. The van der Waals surface area contributed by atoms with Crippen LogP contribution in [0.2, 0.25) is 0 Å². The maximum atomic E-state index is 12.0. The van der Waals surface area contributed by atoms with Gasteiger partial charge >= 0.3 is 5.97 Å². The van der Waals surface area contributed by atoms with E-state index < -0.39 is 5.97 Å². The second-order valence-corrected chi connectivity index (χ2v) is 10.4. The van der Waals surface area contributed by atoms with Gasteiger partial charge in [-0.2, -0.15) is 0 Å². The number of aromatic nitrogens is 2. The summed E-state index contributed by atoms with van der Waals surface area (Å²) in [6.07, 6.45) is 1.77. The van der Waals surface area contributed by atoms with E-state index in [9.17, 15) is 14.7 Å². The molecule has 2 atom stereocenters. The zero-order valence-corrected chi connectivity index (χ0v) is 24.0. The summed E-state index contributed by atoms with van der Waals surface area (Å²) in [5, 5.41) is 16.5. The van der Waals surface area contributed by atoms with Crippen molar-refractivity contribution in [1.82, 2.24) is 14.9 Å². The summed E-state index contributed by atoms with van der Waals surface area (Å²) in [4.78, 5) is 30.5. The first-order valence-electron chi connectivity index (χ1n) is 13.1. The first kappa shape index (κ1) is 28.0. The number of aryl methyl sites for hydroxylation is 2. The van der Waals surface area contributed by atoms with Crippen LogP contribution in [-0.4, -0.2) is 45.4 Å². The molecule has 5 rings (SSSR count). The van der Waals surface area contributed by atoms with Crippen LogP contribution in [0.4, 0.5) is 11.4 Å². The van der Waals surface area contributed by atoms with Gasteiger partial charge in [0.05, 0.1) is 23.3 Å². The normalized spacial score (nSPS) is 16.5. The van der Waals surface area contributed by atoms with Crippen LogP contribution in [0.5, 0.6) is 0 Å². The minimum Gasteiger partial charge on any atom is -0.478 e. The Labute approximate surface area is 243 Å². The molecule has 4 aromatic rings. The largest absolute Gasteiger partial charge is 0.478 e. The molecular formula is C31H31N5O4S. The number of carboxylic acids is 1. The Balaban J connectivity index is 1.61. The zero-order valence-electron chi connectivity index (χ0n) is 23.2. The number of benzene rings is 2. The van der Waals surface area contributed by atoms with E-state index in [4.69, 9.17) is 17.0 Å². The highest BCUT2D eigenvalue weighted by molar-refractivity contribution is 7.80. The second-order valence-electron chi connectivity index (χ2n) is 9.99. The number of carbonyl (C=O) groups is 2. The van der Waals surface area contributed by atoms with E-state index in [1.807, 2.05) is 69.3 Å². The molecule has 0 spiro atoms. The fourth-order valence-electron chi connectivity index (χ4n) is 5.42. The number of methoxy groups -OCH3 is 1. The van der Waals surface area contributed by atoms with E-state index in [0.717, 1.165) is 39.6 Å². The number of hydrogen-bond donors (Lipinski definition) is 3. The number of carboxylic acid groups (broad SMARTS) is 1. The van der Waals surface area contributed by atoms with Crippen molar-refractivity contribution in [3.63, 3.8) is 0 Å². The summed E-state index contributed by atoms with van der Waals surface area (Å²) in [7, 11) is 1.48. The fraction of sp³-hybridized carbons (Fsp3) is 0.226. The molecule has 0 saturated carbocycles. The van der Waals surface area contributed by atoms with Gasteiger partial charge in [-0.05, 0) is 98.7 Å². The van der Waals surface area contributed by atoms with Crippen LogP contribution in [0.1, 0.15) is 50.7 Å². The third kappa shape index (κ3) is 5.44. The van der Waals surface area contributed by atoms with Crippen molar-refractivity contribution in [2.75, 3.05) is 23.9 Å². The number of hydrogen-bond acceptors (Lipinski definition) is 5. The van der Waals surface area contributed by atoms with Gasteiger partial charge in [-0.25, -0.2) is 4.79 Å². The summed E-state index contributed by atoms with van der Waals surface area (Å²) in [5.41, 5.74) is 7.33. The number of nitrogens with one attached hydrogen (secondary N) is 2. The van der Waals surface area contributed by atoms with Gasteiger partial charge < -0.3 is 29.9 Å². The van der Waals surface area contributed by atoms with Crippen LogP contribution < -0.4 is 15.5 Å². The molecule has 1 saturated heterocycles. The highest BCUT2D eigenvalue weighted by Gasteiger charge is 2.42. The predicted octanol–water partition coefficient (Wildman–Crippen LogP) is 5.26. The Morgan fingerprint density at radius 2 is 1.83 bits per heavy atom. The molecule has 0 unspecified atom stereocenters. The van der Waals surface area contributed by atoms with Gasteiger partial charge in [0, 0.05) is 41.8 Å². The number of nitrogens with zero attached hydrogens (tertiary/aromatic N) is 3. The average molecular weight is 570 g/mol. The van der Waals surface area contributed by atoms with Crippen LogP contribution >= 0.6 is 12.2 Å². The number of pyridine rings is 1. The molecule has 2 aromatic carbocycles. The molecule has 1 fully saturated rings. The molecular weight excluding hydrogens is 538 g/mol. The van der Waals surface area contributed by atoms with Crippen molar-refractivity contribution in [3.8, 4) is 5.69 Å². The minimum atomic E-state index is -0.970. The summed E-state index contributed by atoms with van der Waals surface area (Å²) < 4.78 is 7.01. The van der Waals surface area contributed by atoms with Crippen LogP contribution in [0, 0.1) is 20.8 Å². The third-order valence-electron chi connectivity index (χ3n) is 7.29. The number of ether oxygens (including phenoxy) is 1. The van der Waals surface area contributed by atoms with E-state index >= 15 is 0 Å². The lowest BCUT2D eigenvalue weighted by atomic mass is 9.96. The lowest BCUT2D eigenvalue weighted by molar-refractivity contribution is -0.119. The first-order valence-corrected chi connectivity index (χ1v) is 13.5. The molecule has 10 heteroatoms. The quantitative estimate of drug-likeness (QED) is 0.247. The van der Waals surface area contributed by atoms with E-state index in [-0.39, 0.29) is 30.2 Å². The molecule has 0 radical (unpaired) electrons. The molecule has 3 N–H and O–H groups in total. The van der Waals surface area contributed by atoms with Gasteiger partial charge in [-0.3, -0.25) is 9.78 Å². The number of rotatable bonds is 8. The molecule has 0 bridgehead atoms. The standard InChI is InChI=1S/C31H31N5O4S/c1-18-8-9-21(30(38)39)16-26(18)35-19(2)15-24(20(35)3)29-28(25-7-5-6-14-32-25)34-31(41)36(29)23-12-10-22(11-13-23)33-27(37)17-40-4/h5-16,28-29H,17H2,1-4H3,(H,33,37)(H,34,41)(H,38,39)/t28-,29-/m1/s1. The van der Waals surface area contributed by atoms with Crippen molar-refractivity contribution in [2.24, 2.45) is 0 Å². The highest BCUT2D eigenvalue weighted by Crippen LogP contribution is 2.44. The Morgan fingerprint density at radius 1 is 1.07 bits per heavy atom. The summed E-state index contributed by atoms with van der Waals surface area (Å²) >= 11 is 5.89. The second kappa shape index (κ2) is 11.5. The topological polar surface area (TPSA) is 109 Å². The van der Waals surface area contributed by atoms with Crippen molar-refractivity contribution in [2.45, 2.75) is 32.9 Å². The van der Waals surface area contributed by atoms with E-state index in [1.54, 1.807) is 18.3 Å². The molecule has 9 nitrogen and oxygen atoms in total. The molecule has 2 aromatic heterocycles. The lowest BCUT2D eigenvalue weighted by Gasteiger charge is -2.28. The van der Waals surface area contributed by atoms with Gasteiger partial charge in [0.1, 0.15) is 6.61 Å². The summed E-state index contributed by atoms with van der Waals surface area (Å²) in [6, 6.07) is 20.1. The van der Waals surface area contributed by atoms with E-state index in [1.165, 1.54) is 7.11 Å². The maximum Gasteiger partial charge on any atom is 0.335 e. The molecule has 0 aliphatic carbocycles. The van der Waals surface area contributed by atoms with Crippen molar-refractivity contribution >= 4 is 40.6 Å². The van der Waals surface area contributed by atoms with Crippen LogP contribution in [0.3, 0.4) is 0 Å². The van der Waals surface area contributed by atoms with Gasteiger partial charge in [0.25, 0.3) is 0 Å². The Hall–Kier alpha value is -4.54. The van der Waals surface area contributed by atoms with Crippen LogP contribution in [-0.2, 0) is 9.53 Å². The Kier molecular flexibility index (Phi) is 7.87. The number of amides is 1. The smallest absolute Gasteiger partial charge is 0.335 e. The number of carbonyl (C=O) groups excluding carboxylic acids is 1. The molecule has 1 aliphatic rings. The summed E-state index contributed by atoms with van der Waals surface area (Å²) in [6.45, 7) is 6.00. The highest BCUT2D eigenvalue weighted by atomic mass is 32.1. The van der Waals surface area contributed by atoms with Gasteiger partial charge in [0.2, 0.25) is 5.91 Å². The Bertz CT molecular complexity index is 1620. The van der Waals surface area contributed by atoms with Crippen LogP contribution in [0.25, 0.3) is 5.69 Å². The van der Waals surface area contributed by atoms with Crippen LogP contribution in [0.15, 0.2) is 72.9 Å². The molecule has 1 amide bonds. The predicted molar refractivity (Wildman–Crippen MR) is 162 cm³/mol. The van der Waals surface area contributed by atoms with Gasteiger partial charge in [-0.1, -0.05) is 12.1 Å². The first-order chi connectivity index (χ1) is 19.7. The lowest BCUT2D eigenvalue weighted by Crippen LogP contribution is -2.29. The van der Waals surface area contributed by atoms with Gasteiger partial charge in [-0.15, -0.1) is 0 Å². The number of aromatic carboxylic acids is 1. The minimum absolute atomic E-state index is 0.0276. The monoisotopic (exact) mass is 569 g/mol. The van der Waals surface area contributed by atoms with E-state index in [2.05, 4.69) is 31.2 Å². The van der Waals surface area contributed by atoms with Crippen molar-refractivity contribution in [3.05, 3.63) is 107 Å². The molecule has 210 valence electrons.